The molecule has 3 unspecified atom stereocenters. The van der Waals surface area contributed by atoms with E-state index in [4.69, 9.17) is 4.74 Å². The molecule has 1 N–H and O–H groups in total. The van der Waals surface area contributed by atoms with Crippen molar-refractivity contribution < 1.29 is 14.3 Å². The number of Topliss-reactive ketones (excluding diaryl/α,β-unsaturated/α-hetero) is 1. The minimum absolute atomic E-state index is 0.0323. The molecule has 0 aromatic heterocycles. The molecule has 0 saturated heterocycles. The molecule has 0 bridgehead atoms. The van der Waals surface area contributed by atoms with Crippen LogP contribution in [0.4, 0.5) is 0 Å². The van der Waals surface area contributed by atoms with Crippen LogP contribution in [0.15, 0.2) is 0 Å². The van der Waals surface area contributed by atoms with E-state index in [0.29, 0.717) is 12.8 Å². The van der Waals surface area contributed by atoms with Crippen LogP contribution in [-0.2, 0) is 14.3 Å². The van der Waals surface area contributed by atoms with Crippen molar-refractivity contribution in [3.63, 3.8) is 0 Å². The van der Waals surface area contributed by atoms with E-state index in [1.165, 1.54) is 0 Å². The van der Waals surface area contributed by atoms with Gasteiger partial charge < -0.3 is 10.1 Å². The third-order valence-electron chi connectivity index (χ3n) is 2.79. The number of rotatable bonds is 8. The number of amides is 1. The number of hydrogen-bond donors (Lipinski definition) is 1. The van der Waals surface area contributed by atoms with Crippen molar-refractivity contribution in [2.45, 2.75) is 72.1 Å². The van der Waals surface area contributed by atoms with Crippen molar-refractivity contribution in [1.82, 2.24) is 5.32 Å². The molecule has 0 saturated carbocycles. The van der Waals surface area contributed by atoms with E-state index in [9.17, 15) is 9.59 Å². The maximum Gasteiger partial charge on any atom is 0.220 e. The topological polar surface area (TPSA) is 55.4 Å². The van der Waals surface area contributed by atoms with Crippen LogP contribution in [0.1, 0.15) is 53.9 Å². The SMILES string of the molecule is CCCC(=O)NC(C)C(C)OC(C)C(=O)CC. The zero-order valence-electron chi connectivity index (χ0n) is 11.6. The highest BCUT2D eigenvalue weighted by molar-refractivity contribution is 5.82. The Morgan fingerprint density at radius 1 is 1.18 bits per heavy atom. The molecule has 0 aromatic rings. The summed E-state index contributed by atoms with van der Waals surface area (Å²) in [7, 11) is 0. The van der Waals surface area contributed by atoms with Crippen LogP contribution in [0.2, 0.25) is 0 Å². The molecule has 0 aliphatic carbocycles. The Hall–Kier alpha value is -0.900. The molecule has 100 valence electrons. The monoisotopic (exact) mass is 243 g/mol. The zero-order valence-corrected chi connectivity index (χ0v) is 11.6. The van der Waals surface area contributed by atoms with E-state index in [-0.39, 0.29) is 23.8 Å². The lowest BCUT2D eigenvalue weighted by Gasteiger charge is -2.24. The Balaban J connectivity index is 4.08. The Morgan fingerprint density at radius 2 is 1.76 bits per heavy atom. The lowest BCUT2D eigenvalue weighted by Crippen LogP contribution is -2.43. The maximum absolute atomic E-state index is 11.4. The summed E-state index contributed by atoms with van der Waals surface area (Å²) in [5.74, 6) is 0.119. The lowest BCUT2D eigenvalue weighted by molar-refractivity contribution is -0.133. The predicted molar refractivity (Wildman–Crippen MR) is 67.8 cm³/mol. The van der Waals surface area contributed by atoms with Crippen molar-refractivity contribution in [1.29, 1.82) is 0 Å². The first-order valence-corrected chi connectivity index (χ1v) is 6.39. The molecule has 4 heteroatoms. The second-order valence-corrected chi connectivity index (χ2v) is 4.41. The molecule has 17 heavy (non-hydrogen) atoms. The van der Waals surface area contributed by atoms with Crippen molar-refractivity contribution in [3.05, 3.63) is 0 Å². The van der Waals surface area contributed by atoms with Crippen molar-refractivity contribution in [2.75, 3.05) is 0 Å². The van der Waals surface area contributed by atoms with E-state index in [0.717, 1.165) is 6.42 Å². The van der Waals surface area contributed by atoms with E-state index < -0.39 is 6.10 Å². The first-order chi connectivity index (χ1) is 7.92. The average molecular weight is 243 g/mol. The summed E-state index contributed by atoms with van der Waals surface area (Å²) in [4.78, 5) is 22.8. The molecule has 0 fully saturated rings. The van der Waals surface area contributed by atoms with Crippen molar-refractivity contribution >= 4 is 11.7 Å². The molecular weight excluding hydrogens is 218 g/mol. The normalized spacial score (nSPS) is 16.1. The molecule has 3 atom stereocenters. The Kier molecular flexibility index (Phi) is 7.79. The van der Waals surface area contributed by atoms with Crippen LogP contribution in [-0.4, -0.2) is 29.9 Å². The van der Waals surface area contributed by atoms with Crippen LogP contribution in [0.25, 0.3) is 0 Å². The third-order valence-corrected chi connectivity index (χ3v) is 2.79. The van der Waals surface area contributed by atoms with Gasteiger partial charge >= 0.3 is 0 Å². The number of ether oxygens (including phenoxy) is 1. The molecule has 0 heterocycles. The molecule has 0 aromatic carbocycles. The molecule has 4 nitrogen and oxygen atoms in total. The summed E-state index contributed by atoms with van der Waals surface area (Å²) >= 11 is 0. The van der Waals surface area contributed by atoms with Crippen LogP contribution in [0.3, 0.4) is 0 Å². The van der Waals surface area contributed by atoms with Crippen LogP contribution in [0.5, 0.6) is 0 Å². The largest absolute Gasteiger partial charge is 0.366 e. The number of hydrogen-bond acceptors (Lipinski definition) is 3. The summed E-state index contributed by atoms with van der Waals surface area (Å²) in [6, 6.07) is -0.0823. The average Bonchev–Trinajstić information content (AvgIpc) is 2.27. The predicted octanol–water partition coefficient (Wildman–Crippen LogP) is 2.06. The Morgan fingerprint density at radius 3 is 2.24 bits per heavy atom. The van der Waals surface area contributed by atoms with Crippen LogP contribution < -0.4 is 5.32 Å². The van der Waals surface area contributed by atoms with Gasteiger partial charge in [0.25, 0.3) is 0 Å². The molecule has 0 radical (unpaired) electrons. The second-order valence-electron chi connectivity index (χ2n) is 4.41. The van der Waals surface area contributed by atoms with Crippen molar-refractivity contribution in [3.8, 4) is 0 Å². The standard InChI is InChI=1S/C13H25NO3/c1-6-8-13(16)14-9(3)10(4)17-11(5)12(15)7-2/h9-11H,6-8H2,1-5H3,(H,14,16). The van der Waals surface area contributed by atoms with E-state index in [1.54, 1.807) is 6.92 Å². The van der Waals surface area contributed by atoms with Gasteiger partial charge in [-0.05, 0) is 27.2 Å². The van der Waals surface area contributed by atoms with Gasteiger partial charge in [-0.15, -0.1) is 0 Å². The third kappa shape index (κ3) is 6.41. The summed E-state index contributed by atoms with van der Waals surface area (Å²) in [5.41, 5.74) is 0. The molecule has 0 aliphatic rings. The smallest absolute Gasteiger partial charge is 0.220 e. The first kappa shape index (κ1) is 16.1. The van der Waals surface area contributed by atoms with Gasteiger partial charge in [0, 0.05) is 12.8 Å². The molecule has 0 spiro atoms. The second kappa shape index (κ2) is 8.23. The highest BCUT2D eigenvalue weighted by Crippen LogP contribution is 2.06. The highest BCUT2D eigenvalue weighted by atomic mass is 16.5. The lowest BCUT2D eigenvalue weighted by atomic mass is 10.1. The van der Waals surface area contributed by atoms with E-state index in [1.807, 2.05) is 27.7 Å². The van der Waals surface area contributed by atoms with Crippen LogP contribution in [0, 0.1) is 0 Å². The first-order valence-electron chi connectivity index (χ1n) is 6.39. The van der Waals surface area contributed by atoms with Crippen molar-refractivity contribution in [2.24, 2.45) is 0 Å². The number of carbonyl (C=O) groups is 2. The minimum atomic E-state index is -0.402. The fourth-order valence-electron chi connectivity index (χ4n) is 1.47. The summed E-state index contributed by atoms with van der Waals surface area (Å²) < 4.78 is 5.58. The van der Waals surface area contributed by atoms with Crippen LogP contribution >= 0.6 is 0 Å². The molecule has 1 amide bonds. The van der Waals surface area contributed by atoms with Gasteiger partial charge in [-0.3, -0.25) is 9.59 Å². The van der Waals surface area contributed by atoms with Gasteiger partial charge in [0.2, 0.25) is 5.91 Å². The van der Waals surface area contributed by atoms with Gasteiger partial charge in [-0.25, -0.2) is 0 Å². The zero-order chi connectivity index (χ0) is 13.4. The van der Waals surface area contributed by atoms with Gasteiger partial charge in [-0.2, -0.15) is 0 Å². The van der Waals surface area contributed by atoms with Gasteiger partial charge in [-0.1, -0.05) is 13.8 Å². The summed E-state index contributed by atoms with van der Waals surface area (Å²) in [6.07, 6.45) is 1.27. The quantitative estimate of drug-likeness (QED) is 0.710. The van der Waals surface area contributed by atoms with Gasteiger partial charge in [0.05, 0.1) is 12.1 Å². The number of carbonyl (C=O) groups excluding carboxylic acids is 2. The molecule has 0 aliphatic heterocycles. The highest BCUT2D eigenvalue weighted by Gasteiger charge is 2.20. The molecule has 0 rings (SSSR count). The number of nitrogens with one attached hydrogen (secondary N) is 1. The summed E-state index contributed by atoms with van der Waals surface area (Å²) in [6.45, 7) is 9.30. The minimum Gasteiger partial charge on any atom is -0.366 e. The maximum atomic E-state index is 11.4. The van der Waals surface area contributed by atoms with E-state index >= 15 is 0 Å². The Labute approximate surface area is 104 Å². The summed E-state index contributed by atoms with van der Waals surface area (Å²) in [5, 5.41) is 2.87. The van der Waals surface area contributed by atoms with Gasteiger partial charge in [0.15, 0.2) is 5.78 Å². The number of ketones is 1. The Bertz CT molecular complexity index is 253. The fourth-order valence-corrected chi connectivity index (χ4v) is 1.47. The fraction of sp³-hybridized carbons (Fsp3) is 0.846. The van der Waals surface area contributed by atoms with Gasteiger partial charge in [0.1, 0.15) is 6.10 Å². The molecular formula is C13H25NO3. The van der Waals surface area contributed by atoms with E-state index in [2.05, 4.69) is 5.32 Å².